The van der Waals surface area contributed by atoms with Crippen molar-refractivity contribution < 1.29 is 17.9 Å². The molecule has 2 aliphatic heterocycles. The van der Waals surface area contributed by atoms with E-state index in [1.807, 2.05) is 48.3 Å². The van der Waals surface area contributed by atoms with E-state index < -0.39 is 9.84 Å². The molecule has 1 saturated heterocycles. The van der Waals surface area contributed by atoms with Gasteiger partial charge in [0.2, 0.25) is 5.91 Å². The van der Waals surface area contributed by atoms with Crippen LogP contribution < -0.4 is 10.1 Å². The van der Waals surface area contributed by atoms with Gasteiger partial charge in [-0.3, -0.25) is 9.78 Å². The van der Waals surface area contributed by atoms with E-state index in [0.29, 0.717) is 25.9 Å². The normalized spacial score (nSPS) is 21.9. The Hall–Kier alpha value is -2.45. The van der Waals surface area contributed by atoms with Gasteiger partial charge in [0.15, 0.2) is 9.84 Å². The highest BCUT2D eigenvalue weighted by Crippen LogP contribution is 2.37. The van der Waals surface area contributed by atoms with Gasteiger partial charge in [-0.05, 0) is 37.2 Å². The predicted molar refractivity (Wildman–Crippen MR) is 115 cm³/mol. The largest absolute Gasteiger partial charge is 0.487 e. The number of carbonyl (C=O) groups excluding carboxylic acids is 1. The lowest BCUT2D eigenvalue weighted by Gasteiger charge is -2.22. The summed E-state index contributed by atoms with van der Waals surface area (Å²) >= 11 is 0. The van der Waals surface area contributed by atoms with Crippen LogP contribution in [0.2, 0.25) is 0 Å². The van der Waals surface area contributed by atoms with Crippen LogP contribution in [-0.2, 0) is 21.1 Å². The van der Waals surface area contributed by atoms with Crippen molar-refractivity contribution in [3.05, 3.63) is 48.2 Å². The Morgan fingerprint density at radius 2 is 2.13 bits per heavy atom. The van der Waals surface area contributed by atoms with Crippen molar-refractivity contribution in [3.8, 4) is 17.0 Å². The quantitative estimate of drug-likeness (QED) is 0.720. The maximum Gasteiger partial charge on any atom is 0.221 e. The number of ether oxygens (including phenoxy) is 1. The molecular weight excluding hydrogens is 402 g/mol. The number of hydrogen-bond acceptors (Lipinski definition) is 6. The molecule has 0 aliphatic carbocycles. The van der Waals surface area contributed by atoms with E-state index in [-0.39, 0.29) is 29.6 Å². The van der Waals surface area contributed by atoms with Gasteiger partial charge in [-0.15, -0.1) is 0 Å². The molecule has 8 heteroatoms. The van der Waals surface area contributed by atoms with Crippen molar-refractivity contribution >= 4 is 15.7 Å². The topological polar surface area (TPSA) is 88.6 Å². The first kappa shape index (κ1) is 20.8. The third kappa shape index (κ3) is 4.82. The second-order valence-corrected chi connectivity index (χ2v) is 10.3. The predicted octanol–water partition coefficient (Wildman–Crippen LogP) is 1.68. The van der Waals surface area contributed by atoms with Crippen LogP contribution in [0.3, 0.4) is 0 Å². The Morgan fingerprint density at radius 3 is 2.87 bits per heavy atom. The van der Waals surface area contributed by atoms with Gasteiger partial charge in [-0.25, -0.2) is 8.42 Å². The molecule has 2 atom stereocenters. The summed E-state index contributed by atoms with van der Waals surface area (Å²) in [5.74, 6) is 1.23. The van der Waals surface area contributed by atoms with Gasteiger partial charge in [0.1, 0.15) is 11.9 Å². The molecule has 0 radical (unpaired) electrons. The van der Waals surface area contributed by atoms with Crippen molar-refractivity contribution in [1.82, 2.24) is 15.2 Å². The highest BCUT2D eigenvalue weighted by Gasteiger charge is 2.31. The van der Waals surface area contributed by atoms with Gasteiger partial charge in [0.05, 0.1) is 23.7 Å². The molecule has 3 heterocycles. The van der Waals surface area contributed by atoms with Crippen LogP contribution in [0.15, 0.2) is 42.6 Å². The minimum atomic E-state index is -2.91. The molecule has 7 nitrogen and oxygen atoms in total. The van der Waals surface area contributed by atoms with E-state index in [4.69, 9.17) is 4.74 Å². The van der Waals surface area contributed by atoms with Crippen molar-refractivity contribution in [2.75, 3.05) is 31.6 Å². The first-order valence-electron chi connectivity index (χ1n) is 10.3. The highest BCUT2D eigenvalue weighted by atomic mass is 32.2. The van der Waals surface area contributed by atoms with Crippen molar-refractivity contribution in [3.63, 3.8) is 0 Å². The number of benzene rings is 1. The molecule has 0 bridgehead atoms. The van der Waals surface area contributed by atoms with E-state index in [1.165, 1.54) is 0 Å². The monoisotopic (exact) mass is 429 g/mol. The SMILES string of the molecule is CN(CCC(=O)NC[C@@H]1Cc2cccc(-c3ccccn3)c2O1)[C@@H]1CCS(=O)(=O)C1. The Kier molecular flexibility index (Phi) is 6.06. The lowest BCUT2D eigenvalue weighted by atomic mass is 10.0. The van der Waals surface area contributed by atoms with Crippen LogP contribution in [0.1, 0.15) is 18.4 Å². The Labute approximate surface area is 177 Å². The van der Waals surface area contributed by atoms with E-state index >= 15 is 0 Å². The third-order valence-electron chi connectivity index (χ3n) is 5.82. The highest BCUT2D eigenvalue weighted by molar-refractivity contribution is 7.91. The minimum Gasteiger partial charge on any atom is -0.487 e. The van der Waals surface area contributed by atoms with Gasteiger partial charge in [-0.2, -0.15) is 0 Å². The Morgan fingerprint density at radius 1 is 1.27 bits per heavy atom. The molecule has 4 rings (SSSR count). The molecule has 1 amide bonds. The average Bonchev–Trinajstić information content (AvgIpc) is 3.33. The molecule has 1 N–H and O–H groups in total. The summed E-state index contributed by atoms with van der Waals surface area (Å²) in [6, 6.07) is 11.9. The lowest BCUT2D eigenvalue weighted by molar-refractivity contribution is -0.121. The van der Waals surface area contributed by atoms with Crippen LogP contribution in [0.25, 0.3) is 11.3 Å². The fraction of sp³-hybridized carbons (Fsp3) is 0.455. The number of pyridine rings is 1. The summed E-state index contributed by atoms with van der Waals surface area (Å²) in [7, 11) is -1.03. The average molecular weight is 430 g/mol. The second kappa shape index (κ2) is 8.73. The fourth-order valence-electron chi connectivity index (χ4n) is 4.08. The van der Waals surface area contributed by atoms with Crippen LogP contribution in [-0.4, -0.2) is 68.0 Å². The standard InChI is InChI=1S/C22H27N3O4S/c1-25(17-9-12-30(27,28)15-17)11-8-21(26)24-14-18-13-16-5-4-6-19(22(16)29-18)20-7-2-3-10-23-20/h2-7,10,17-18H,8-9,11-15H2,1H3,(H,24,26)/t17-,18+/m1/s1. The summed E-state index contributed by atoms with van der Waals surface area (Å²) in [6.45, 7) is 0.984. The van der Waals surface area contributed by atoms with E-state index in [1.54, 1.807) is 6.20 Å². The van der Waals surface area contributed by atoms with Gasteiger partial charge in [-0.1, -0.05) is 18.2 Å². The molecule has 0 saturated carbocycles. The minimum absolute atomic E-state index is 0.0143. The number of fused-ring (bicyclic) bond motifs is 1. The molecule has 0 spiro atoms. The van der Waals surface area contributed by atoms with Crippen LogP contribution in [0, 0.1) is 0 Å². The van der Waals surface area contributed by atoms with Crippen molar-refractivity contribution in [2.45, 2.75) is 31.4 Å². The number of nitrogens with one attached hydrogen (secondary N) is 1. The van der Waals surface area contributed by atoms with Gasteiger partial charge in [0, 0.05) is 37.2 Å². The summed E-state index contributed by atoms with van der Waals surface area (Å²) in [6.07, 6.45) is 3.39. The number of aromatic nitrogens is 1. The second-order valence-electron chi connectivity index (χ2n) is 8.04. The summed E-state index contributed by atoms with van der Waals surface area (Å²) in [5, 5.41) is 2.96. The molecule has 2 aliphatic rings. The van der Waals surface area contributed by atoms with Crippen LogP contribution in [0.4, 0.5) is 0 Å². The Balaban J connectivity index is 1.26. The maximum absolute atomic E-state index is 12.3. The van der Waals surface area contributed by atoms with Crippen LogP contribution >= 0.6 is 0 Å². The number of rotatable bonds is 7. The molecule has 2 aromatic rings. The molecule has 30 heavy (non-hydrogen) atoms. The number of hydrogen-bond donors (Lipinski definition) is 1. The smallest absolute Gasteiger partial charge is 0.221 e. The summed E-state index contributed by atoms with van der Waals surface area (Å²) in [4.78, 5) is 18.7. The number of amides is 1. The molecule has 160 valence electrons. The molecular formula is C22H27N3O4S. The van der Waals surface area contributed by atoms with Gasteiger partial charge < -0.3 is 15.0 Å². The molecule has 1 aromatic heterocycles. The van der Waals surface area contributed by atoms with Gasteiger partial charge >= 0.3 is 0 Å². The summed E-state index contributed by atoms with van der Waals surface area (Å²) in [5.41, 5.74) is 2.96. The zero-order valence-corrected chi connectivity index (χ0v) is 17.9. The number of sulfone groups is 1. The molecule has 0 unspecified atom stereocenters. The number of nitrogens with zero attached hydrogens (tertiary/aromatic N) is 2. The van der Waals surface area contributed by atoms with E-state index in [2.05, 4.69) is 10.3 Å². The van der Waals surface area contributed by atoms with Gasteiger partial charge in [0.25, 0.3) is 0 Å². The summed E-state index contributed by atoms with van der Waals surface area (Å²) < 4.78 is 29.4. The Bertz CT molecular complexity index is 1010. The maximum atomic E-state index is 12.3. The first-order valence-corrected chi connectivity index (χ1v) is 12.1. The van der Waals surface area contributed by atoms with Crippen molar-refractivity contribution in [1.29, 1.82) is 0 Å². The zero-order valence-electron chi connectivity index (χ0n) is 17.1. The first-order chi connectivity index (χ1) is 14.4. The zero-order chi connectivity index (χ0) is 21.1. The van der Waals surface area contributed by atoms with E-state index in [9.17, 15) is 13.2 Å². The fourth-order valence-corrected chi connectivity index (χ4v) is 5.88. The molecule has 1 aromatic carbocycles. The number of carbonyl (C=O) groups is 1. The van der Waals surface area contributed by atoms with Crippen LogP contribution in [0.5, 0.6) is 5.75 Å². The van der Waals surface area contributed by atoms with Crippen molar-refractivity contribution in [2.24, 2.45) is 0 Å². The van der Waals surface area contributed by atoms with E-state index in [0.717, 1.165) is 29.0 Å². The lowest BCUT2D eigenvalue weighted by Crippen LogP contribution is -2.38. The number of para-hydroxylation sites is 1. The molecule has 1 fully saturated rings. The third-order valence-corrected chi connectivity index (χ3v) is 7.57.